The van der Waals surface area contributed by atoms with E-state index in [1.165, 1.54) is 12.4 Å². The van der Waals surface area contributed by atoms with Crippen molar-refractivity contribution in [3.8, 4) is 11.3 Å². The molecule has 0 aliphatic rings. The Balaban J connectivity index is 2.08. The zero-order valence-electron chi connectivity index (χ0n) is 10.4. The number of halogens is 3. The lowest BCUT2D eigenvalue weighted by Gasteiger charge is -2.03. The number of fused-ring (bicyclic) bond motifs is 1. The van der Waals surface area contributed by atoms with E-state index in [2.05, 4.69) is 15.0 Å². The van der Waals surface area contributed by atoms with E-state index < -0.39 is 18.6 Å². The van der Waals surface area contributed by atoms with Crippen LogP contribution in [0.15, 0.2) is 33.7 Å². The summed E-state index contributed by atoms with van der Waals surface area (Å²) < 4.78 is 29.6. The van der Waals surface area contributed by atoms with Crippen LogP contribution in [0.25, 0.3) is 22.4 Å². The largest absolute Gasteiger partial charge is 0.417 e. The maximum absolute atomic E-state index is 12.3. The summed E-state index contributed by atoms with van der Waals surface area (Å²) in [6, 6.07) is 3.21. The Kier molecular flexibility index (Phi) is 3.42. The van der Waals surface area contributed by atoms with E-state index in [9.17, 15) is 13.6 Å². The number of benzene rings is 1. The second kappa shape index (κ2) is 5.25. The molecule has 3 aromatic rings. The van der Waals surface area contributed by atoms with Gasteiger partial charge in [0, 0.05) is 11.8 Å². The number of nitrogens with one attached hydrogen (secondary N) is 1. The van der Waals surface area contributed by atoms with Crippen molar-refractivity contribution < 1.29 is 13.2 Å². The maximum Gasteiger partial charge on any atom is 0.417 e. The number of oxazole rings is 1. The highest BCUT2D eigenvalue weighted by molar-refractivity contribution is 6.35. The molecule has 1 N–H and O–H groups in total. The predicted molar refractivity (Wildman–Crippen MR) is 72.6 cm³/mol. The van der Waals surface area contributed by atoms with Gasteiger partial charge >= 0.3 is 5.76 Å². The Bertz CT molecular complexity index is 843. The third-order valence-corrected chi connectivity index (χ3v) is 3.19. The molecule has 0 aliphatic carbocycles. The van der Waals surface area contributed by atoms with Crippen LogP contribution in [-0.4, -0.2) is 21.4 Å². The van der Waals surface area contributed by atoms with Crippen molar-refractivity contribution in [2.75, 3.05) is 0 Å². The summed E-state index contributed by atoms with van der Waals surface area (Å²) in [7, 11) is 0. The quantitative estimate of drug-likeness (QED) is 0.807. The van der Waals surface area contributed by atoms with Gasteiger partial charge in [-0.2, -0.15) is 0 Å². The predicted octanol–water partition coefficient (Wildman–Crippen LogP) is 3.04. The number of alkyl halides is 2. The number of rotatable bonds is 3. The Morgan fingerprint density at radius 1 is 1.29 bits per heavy atom. The summed E-state index contributed by atoms with van der Waals surface area (Å²) in [6.07, 6.45) is -0.307. The molecule has 3 rings (SSSR count). The van der Waals surface area contributed by atoms with Gasteiger partial charge in [-0.05, 0) is 12.1 Å². The van der Waals surface area contributed by atoms with Gasteiger partial charge in [-0.15, -0.1) is 0 Å². The lowest BCUT2D eigenvalue weighted by atomic mass is 10.1. The molecule has 21 heavy (non-hydrogen) atoms. The summed E-state index contributed by atoms with van der Waals surface area (Å²) in [5.41, 5.74) is 1.71. The first-order chi connectivity index (χ1) is 10.0. The number of aromatic amines is 1. The lowest BCUT2D eigenvalue weighted by molar-refractivity contribution is 0.147. The second-order valence-corrected chi connectivity index (χ2v) is 4.71. The molecular formula is C13H8ClF2N3O2. The minimum atomic E-state index is -2.48. The molecule has 0 fully saturated rings. The van der Waals surface area contributed by atoms with Gasteiger partial charge in [-0.1, -0.05) is 11.6 Å². The van der Waals surface area contributed by atoms with Crippen molar-refractivity contribution in [1.82, 2.24) is 15.0 Å². The molecule has 8 heteroatoms. The highest BCUT2D eigenvalue weighted by Gasteiger charge is 2.14. The summed E-state index contributed by atoms with van der Waals surface area (Å²) in [4.78, 5) is 21.8. The zero-order valence-corrected chi connectivity index (χ0v) is 11.2. The van der Waals surface area contributed by atoms with Crippen LogP contribution in [0.5, 0.6) is 0 Å². The summed E-state index contributed by atoms with van der Waals surface area (Å²) >= 11 is 5.96. The van der Waals surface area contributed by atoms with Crippen molar-refractivity contribution >= 4 is 22.7 Å². The molecule has 0 amide bonds. The summed E-state index contributed by atoms with van der Waals surface area (Å²) in [6.45, 7) is 0. The molecule has 2 heterocycles. The highest BCUT2D eigenvalue weighted by atomic mass is 35.5. The lowest BCUT2D eigenvalue weighted by Crippen LogP contribution is -2.00. The van der Waals surface area contributed by atoms with Gasteiger partial charge in [0.25, 0.3) is 0 Å². The first-order valence-electron chi connectivity index (χ1n) is 5.95. The van der Waals surface area contributed by atoms with Crippen molar-refractivity contribution in [2.45, 2.75) is 12.8 Å². The Labute approximate surface area is 121 Å². The molecule has 0 spiro atoms. The third kappa shape index (κ3) is 2.64. The standard InChI is InChI=1S/C13H8ClF2N3O2/c14-8-2-1-7(12-11(8)19-13(20)21-12)9-5-17-6(4-18-9)3-10(15)16/h1-2,4-5,10H,3H2,(H,19,20). The van der Waals surface area contributed by atoms with Gasteiger partial charge in [0.1, 0.15) is 5.52 Å². The SMILES string of the molecule is O=c1[nH]c2c(Cl)ccc(-c3cnc(CC(F)F)cn3)c2o1. The van der Waals surface area contributed by atoms with Crippen LogP contribution in [-0.2, 0) is 6.42 Å². The van der Waals surface area contributed by atoms with E-state index in [0.717, 1.165) is 0 Å². The first kappa shape index (κ1) is 13.7. The van der Waals surface area contributed by atoms with Crippen molar-refractivity contribution in [3.63, 3.8) is 0 Å². The average molecular weight is 312 g/mol. The Hall–Kier alpha value is -2.28. The van der Waals surface area contributed by atoms with Gasteiger partial charge in [0.2, 0.25) is 6.43 Å². The zero-order chi connectivity index (χ0) is 15.0. The fourth-order valence-electron chi connectivity index (χ4n) is 1.96. The van der Waals surface area contributed by atoms with Crippen molar-refractivity contribution in [2.24, 2.45) is 0 Å². The topological polar surface area (TPSA) is 71.8 Å². The number of nitrogens with zero attached hydrogens (tertiary/aromatic N) is 2. The Morgan fingerprint density at radius 2 is 2.10 bits per heavy atom. The molecule has 5 nitrogen and oxygen atoms in total. The molecule has 0 saturated heterocycles. The molecule has 0 atom stereocenters. The van der Waals surface area contributed by atoms with Crippen molar-refractivity contribution in [3.05, 3.63) is 45.8 Å². The van der Waals surface area contributed by atoms with Gasteiger partial charge in [0.15, 0.2) is 5.58 Å². The maximum atomic E-state index is 12.3. The monoisotopic (exact) mass is 311 g/mol. The minimum Gasteiger partial charge on any atom is -0.407 e. The number of aromatic nitrogens is 3. The second-order valence-electron chi connectivity index (χ2n) is 4.30. The number of hydrogen-bond donors (Lipinski definition) is 1. The van der Waals surface area contributed by atoms with Crippen LogP contribution in [0, 0.1) is 0 Å². The molecule has 0 bridgehead atoms. The van der Waals surface area contributed by atoms with Gasteiger partial charge < -0.3 is 4.42 Å². The van der Waals surface area contributed by atoms with E-state index in [4.69, 9.17) is 16.0 Å². The molecule has 0 unspecified atom stereocenters. The molecular weight excluding hydrogens is 304 g/mol. The van der Waals surface area contributed by atoms with Crippen LogP contribution in [0.2, 0.25) is 5.02 Å². The van der Waals surface area contributed by atoms with Crippen LogP contribution in [0.4, 0.5) is 8.78 Å². The van der Waals surface area contributed by atoms with E-state index >= 15 is 0 Å². The molecule has 0 radical (unpaired) electrons. The van der Waals surface area contributed by atoms with E-state index in [1.54, 1.807) is 12.1 Å². The third-order valence-electron chi connectivity index (χ3n) is 2.87. The fraction of sp³-hybridized carbons (Fsp3) is 0.154. The number of hydrogen-bond acceptors (Lipinski definition) is 4. The van der Waals surface area contributed by atoms with Crippen molar-refractivity contribution in [1.29, 1.82) is 0 Å². The molecule has 2 aromatic heterocycles. The fourth-order valence-corrected chi connectivity index (χ4v) is 2.16. The molecule has 1 aromatic carbocycles. The van der Waals surface area contributed by atoms with Crippen LogP contribution >= 0.6 is 11.6 Å². The van der Waals surface area contributed by atoms with Crippen LogP contribution < -0.4 is 5.76 Å². The molecule has 0 saturated carbocycles. The smallest absolute Gasteiger partial charge is 0.407 e. The highest BCUT2D eigenvalue weighted by Crippen LogP contribution is 2.30. The van der Waals surface area contributed by atoms with Gasteiger partial charge in [-0.25, -0.2) is 13.6 Å². The molecule has 0 aliphatic heterocycles. The minimum absolute atomic E-state index is 0.189. The van der Waals surface area contributed by atoms with E-state index in [1.807, 2.05) is 0 Å². The van der Waals surface area contributed by atoms with E-state index in [0.29, 0.717) is 21.8 Å². The average Bonchev–Trinajstić information content (AvgIpc) is 2.82. The van der Waals surface area contributed by atoms with Crippen LogP contribution in [0.1, 0.15) is 5.69 Å². The Morgan fingerprint density at radius 3 is 2.76 bits per heavy atom. The summed E-state index contributed by atoms with van der Waals surface area (Å²) in [5.74, 6) is -0.637. The van der Waals surface area contributed by atoms with Crippen LogP contribution in [0.3, 0.4) is 0 Å². The normalized spacial score (nSPS) is 11.4. The molecule has 108 valence electrons. The van der Waals surface area contributed by atoms with Gasteiger partial charge in [0.05, 0.1) is 29.0 Å². The summed E-state index contributed by atoms with van der Waals surface area (Å²) in [5, 5.41) is 0.335. The van der Waals surface area contributed by atoms with Gasteiger partial charge in [-0.3, -0.25) is 15.0 Å². The number of H-pyrrole nitrogens is 1. The van der Waals surface area contributed by atoms with E-state index in [-0.39, 0.29) is 11.3 Å². The first-order valence-corrected chi connectivity index (χ1v) is 6.33.